The fraction of sp³-hybridized carbons (Fsp3) is 0.462. The molecule has 2 heterocycles. The van der Waals surface area contributed by atoms with E-state index in [0.717, 1.165) is 25.7 Å². The number of hydrogen-bond donors (Lipinski definition) is 0. The number of sulfone groups is 1. The van der Waals surface area contributed by atoms with Gasteiger partial charge in [0.1, 0.15) is 0 Å². The molecule has 5 rings (SSSR count). The summed E-state index contributed by atoms with van der Waals surface area (Å²) in [5.41, 5.74) is 0.601. The maximum atomic E-state index is 13.5. The first kappa shape index (κ1) is 24.1. The van der Waals surface area contributed by atoms with Gasteiger partial charge in [-0.05, 0) is 55.5 Å². The Labute approximate surface area is 209 Å². The fourth-order valence-corrected chi connectivity index (χ4v) is 6.82. The molecule has 1 aromatic carbocycles. The van der Waals surface area contributed by atoms with Crippen LogP contribution in [0.25, 0.3) is 10.9 Å². The molecule has 2 fully saturated rings. The van der Waals surface area contributed by atoms with E-state index < -0.39 is 15.9 Å². The molecule has 2 saturated carbocycles. The minimum atomic E-state index is -3.39. The highest BCUT2D eigenvalue weighted by atomic mass is 35.5. The van der Waals surface area contributed by atoms with Crippen LogP contribution in [0.4, 0.5) is 0 Å². The molecule has 3 aromatic rings. The van der Waals surface area contributed by atoms with Crippen molar-refractivity contribution in [1.29, 1.82) is 0 Å². The van der Waals surface area contributed by atoms with Gasteiger partial charge in [0.25, 0.3) is 5.56 Å². The van der Waals surface area contributed by atoms with Crippen molar-refractivity contribution in [2.45, 2.75) is 74.0 Å². The molecule has 2 aromatic heterocycles. The summed E-state index contributed by atoms with van der Waals surface area (Å²) in [7, 11) is -3.39. The average molecular weight is 514 g/mol. The lowest BCUT2D eigenvalue weighted by atomic mass is 9.83. The second-order valence-electron chi connectivity index (χ2n) is 9.75. The number of carbonyl (C=O) groups excluding carboxylic acids is 1. The summed E-state index contributed by atoms with van der Waals surface area (Å²) in [6, 6.07) is 7.25. The lowest BCUT2D eigenvalue weighted by molar-refractivity contribution is -0.122. The van der Waals surface area contributed by atoms with Crippen LogP contribution in [0.2, 0.25) is 5.02 Å². The molecule has 2 aliphatic rings. The van der Waals surface area contributed by atoms with Gasteiger partial charge >= 0.3 is 0 Å². The molecule has 0 N–H and O–H groups in total. The minimum Gasteiger partial charge on any atom is -0.297 e. The van der Waals surface area contributed by atoms with Crippen LogP contribution in [0.1, 0.15) is 63.1 Å². The van der Waals surface area contributed by atoms with Crippen molar-refractivity contribution in [1.82, 2.24) is 14.5 Å². The Morgan fingerprint density at radius 1 is 1.06 bits per heavy atom. The van der Waals surface area contributed by atoms with Crippen molar-refractivity contribution >= 4 is 38.1 Å². The molecular weight excluding hydrogens is 486 g/mol. The Bertz CT molecular complexity index is 1410. The van der Waals surface area contributed by atoms with Crippen LogP contribution < -0.4 is 5.56 Å². The predicted molar refractivity (Wildman–Crippen MR) is 134 cm³/mol. The van der Waals surface area contributed by atoms with Gasteiger partial charge < -0.3 is 0 Å². The molecule has 0 saturated heterocycles. The van der Waals surface area contributed by atoms with Crippen LogP contribution in [-0.4, -0.2) is 34.0 Å². The highest BCUT2D eigenvalue weighted by Crippen LogP contribution is 2.34. The van der Waals surface area contributed by atoms with E-state index in [9.17, 15) is 18.0 Å². The number of hydrogen-bond acceptors (Lipinski definition) is 6. The van der Waals surface area contributed by atoms with Crippen molar-refractivity contribution in [3.8, 4) is 0 Å². The minimum absolute atomic E-state index is 0.0948. The molecular formula is C26H28ClN3O4S. The van der Waals surface area contributed by atoms with Gasteiger partial charge in [-0.3, -0.25) is 19.1 Å². The zero-order valence-electron chi connectivity index (χ0n) is 19.4. The quantitative estimate of drug-likeness (QED) is 0.432. The summed E-state index contributed by atoms with van der Waals surface area (Å²) in [4.78, 5) is 35.9. The molecule has 0 amide bonds. The molecule has 0 radical (unpaired) electrons. The standard InChI is InChI=1S/C26H28ClN3O4S/c27-18-6-7-19(28-15-18)13-25(31)24(12-17-4-2-1-3-5-17)30-16-29-23-14-21(10-11-22(23)26(30)32)35(33,34)20-8-9-20/h6-7,10-11,14-17,20,24H,1-5,8-9,12-13H2. The molecule has 1 atom stereocenters. The van der Waals surface area contributed by atoms with Crippen LogP contribution in [-0.2, 0) is 21.1 Å². The van der Waals surface area contributed by atoms with E-state index in [1.54, 1.807) is 12.1 Å². The molecule has 0 bridgehead atoms. The topological polar surface area (TPSA) is 99.0 Å². The Kier molecular flexibility index (Phi) is 6.77. The van der Waals surface area contributed by atoms with Gasteiger partial charge in [-0.15, -0.1) is 0 Å². The summed E-state index contributed by atoms with van der Waals surface area (Å²) in [6.45, 7) is 0. The number of rotatable bonds is 8. The van der Waals surface area contributed by atoms with Gasteiger partial charge in [0, 0.05) is 11.9 Å². The maximum absolute atomic E-state index is 13.5. The van der Waals surface area contributed by atoms with Crippen molar-refractivity contribution in [3.63, 3.8) is 0 Å². The predicted octanol–water partition coefficient (Wildman–Crippen LogP) is 4.70. The first-order chi connectivity index (χ1) is 16.8. The first-order valence-electron chi connectivity index (χ1n) is 12.2. The van der Waals surface area contributed by atoms with Crippen molar-refractivity contribution in [2.75, 3.05) is 0 Å². The zero-order chi connectivity index (χ0) is 24.6. The first-order valence-corrected chi connectivity index (χ1v) is 14.1. The number of fused-ring (bicyclic) bond motifs is 1. The van der Waals surface area contributed by atoms with Crippen molar-refractivity contribution in [3.05, 3.63) is 63.9 Å². The normalized spacial score (nSPS) is 18.0. The third-order valence-electron chi connectivity index (χ3n) is 7.18. The highest BCUT2D eigenvalue weighted by molar-refractivity contribution is 7.92. The number of nitrogens with zero attached hydrogens (tertiary/aromatic N) is 3. The van der Waals surface area contributed by atoms with E-state index >= 15 is 0 Å². The maximum Gasteiger partial charge on any atom is 0.261 e. The van der Waals surface area contributed by atoms with Crippen LogP contribution in [0.3, 0.4) is 0 Å². The Morgan fingerprint density at radius 3 is 2.51 bits per heavy atom. The van der Waals surface area contributed by atoms with E-state index in [2.05, 4.69) is 9.97 Å². The van der Waals surface area contributed by atoms with Gasteiger partial charge in [0.15, 0.2) is 15.6 Å². The van der Waals surface area contributed by atoms with E-state index in [1.807, 2.05) is 0 Å². The Hall–Kier alpha value is -2.58. The molecule has 184 valence electrons. The molecule has 2 aliphatic carbocycles. The lowest BCUT2D eigenvalue weighted by Crippen LogP contribution is -2.33. The third-order valence-corrected chi connectivity index (χ3v) is 9.66. The average Bonchev–Trinajstić information content (AvgIpc) is 3.71. The van der Waals surface area contributed by atoms with Gasteiger partial charge in [-0.25, -0.2) is 13.4 Å². The van der Waals surface area contributed by atoms with Crippen LogP contribution in [0, 0.1) is 5.92 Å². The van der Waals surface area contributed by atoms with Gasteiger partial charge in [0.2, 0.25) is 0 Å². The van der Waals surface area contributed by atoms with Gasteiger partial charge in [-0.1, -0.05) is 43.7 Å². The Morgan fingerprint density at radius 2 is 1.83 bits per heavy atom. The largest absolute Gasteiger partial charge is 0.297 e. The SMILES string of the molecule is O=C(Cc1ccc(Cl)cn1)C(CC1CCCCC1)n1cnc2cc(S(=O)(=O)C3CC3)ccc2c1=O. The van der Waals surface area contributed by atoms with Crippen LogP contribution in [0.15, 0.2) is 52.5 Å². The second kappa shape index (κ2) is 9.82. The molecule has 0 aliphatic heterocycles. The fourth-order valence-electron chi connectivity index (χ4n) is 5.03. The summed E-state index contributed by atoms with van der Waals surface area (Å²) in [5.74, 6) is 0.270. The monoisotopic (exact) mass is 513 g/mol. The van der Waals surface area contributed by atoms with E-state index in [4.69, 9.17) is 11.6 Å². The third kappa shape index (κ3) is 5.19. The zero-order valence-corrected chi connectivity index (χ0v) is 21.0. The molecule has 35 heavy (non-hydrogen) atoms. The van der Waals surface area contributed by atoms with E-state index in [-0.39, 0.29) is 27.9 Å². The van der Waals surface area contributed by atoms with E-state index in [0.29, 0.717) is 46.8 Å². The molecule has 9 heteroatoms. The smallest absolute Gasteiger partial charge is 0.261 e. The van der Waals surface area contributed by atoms with Gasteiger partial charge in [-0.2, -0.15) is 0 Å². The number of pyridine rings is 1. The molecule has 7 nitrogen and oxygen atoms in total. The van der Waals surface area contributed by atoms with Crippen LogP contribution >= 0.6 is 11.6 Å². The number of Topliss-reactive ketones (excluding diaryl/α,β-unsaturated/α-hetero) is 1. The summed E-state index contributed by atoms with van der Waals surface area (Å²) in [5, 5.41) is 0.477. The molecule has 0 spiro atoms. The second-order valence-corrected chi connectivity index (χ2v) is 12.4. The highest BCUT2D eigenvalue weighted by Gasteiger charge is 2.37. The lowest BCUT2D eigenvalue weighted by Gasteiger charge is -2.27. The number of ketones is 1. The number of aromatic nitrogens is 3. The number of halogens is 1. The number of benzene rings is 1. The van der Waals surface area contributed by atoms with Gasteiger partial charge in [0.05, 0.1) is 44.9 Å². The summed E-state index contributed by atoms with van der Waals surface area (Å²) >= 11 is 5.93. The van der Waals surface area contributed by atoms with E-state index in [1.165, 1.54) is 41.7 Å². The summed E-state index contributed by atoms with van der Waals surface area (Å²) < 4.78 is 26.7. The van der Waals surface area contributed by atoms with Crippen molar-refractivity contribution < 1.29 is 13.2 Å². The summed E-state index contributed by atoms with van der Waals surface area (Å²) in [6.07, 6.45) is 10.5. The molecule has 1 unspecified atom stereocenters. The number of carbonyl (C=O) groups is 1. The van der Waals surface area contributed by atoms with Crippen molar-refractivity contribution in [2.24, 2.45) is 5.92 Å². The Balaban J connectivity index is 1.49. The van der Waals surface area contributed by atoms with Crippen LogP contribution in [0.5, 0.6) is 0 Å².